The molecule has 15 heteroatoms. The lowest BCUT2D eigenvalue weighted by Gasteiger charge is -2.49. The number of nitrogens with zero attached hydrogens (tertiary/aromatic N) is 3. The summed E-state index contributed by atoms with van der Waals surface area (Å²) in [5.74, 6) is -2.89. The molecule has 0 radical (unpaired) electrons. The van der Waals surface area contributed by atoms with Crippen LogP contribution >= 0.6 is 45.7 Å². The first-order chi connectivity index (χ1) is 32.4. The van der Waals surface area contributed by atoms with Gasteiger partial charge in [-0.05, 0) is 60.7 Å². The number of rotatable bonds is 16. The van der Waals surface area contributed by atoms with Crippen LogP contribution in [0.1, 0.15) is 60.4 Å². The third kappa shape index (κ3) is 10.2. The van der Waals surface area contributed by atoms with Crippen molar-refractivity contribution in [2.24, 2.45) is 5.16 Å². The molecule has 2 atom stereocenters. The third-order valence-electron chi connectivity index (χ3n) is 10.9. The van der Waals surface area contributed by atoms with Gasteiger partial charge >= 0.3 is 11.9 Å². The summed E-state index contributed by atoms with van der Waals surface area (Å²) in [4.78, 5) is 67.7. The number of nitrogens with one attached hydrogen (secondary N) is 2. The standard InChI is InChI=1S/C52H46IN5O7S2/c1-33(48(61)64-51(2,3)4)65-57-41(40-32-67-50(54-40)56-52(37-24-14-7-15-25-37,38-26-16-8-17-27-38)39-28-18-9-19-29-39)45(59)55-42-46(60)58-43(36(30-53)31-66-47(42)58)49(62)63-44(34-20-10-5-11-21-34)35-22-12-6-13-23-35/h5-29,32,42,44,47H,1,30-31H2,2-4H3,(H,54,56)(H,55,59)/t42?,47-/m1/s1. The number of alkyl halides is 1. The van der Waals surface area contributed by atoms with Gasteiger partial charge in [0.2, 0.25) is 5.76 Å². The van der Waals surface area contributed by atoms with Gasteiger partial charge in [-0.1, -0.05) is 179 Å². The van der Waals surface area contributed by atoms with Gasteiger partial charge < -0.3 is 24.9 Å². The van der Waals surface area contributed by atoms with Crippen LogP contribution < -0.4 is 10.6 Å². The Morgan fingerprint density at radius 1 is 0.821 bits per heavy atom. The molecule has 0 bridgehead atoms. The number of thioether (sulfide) groups is 1. The van der Waals surface area contributed by atoms with Crippen molar-refractivity contribution in [3.8, 4) is 0 Å². The van der Waals surface area contributed by atoms with Crippen LogP contribution in [0.2, 0.25) is 0 Å². The van der Waals surface area contributed by atoms with Crippen molar-refractivity contribution in [2.45, 2.75) is 49.4 Å². The molecule has 8 rings (SSSR count). The SMILES string of the molecule is C=C(ON=C(C(=O)NC1C(=O)N2C(C(=O)OC(c3ccccc3)c3ccccc3)=C(CI)CS[C@H]12)c1csc(NC(c2ccccc2)(c2ccccc2)c2ccccc2)n1)C(=O)OC(C)(C)C. The van der Waals surface area contributed by atoms with Crippen LogP contribution in [-0.2, 0) is 39.0 Å². The van der Waals surface area contributed by atoms with Gasteiger partial charge in [-0.2, -0.15) is 0 Å². The molecule has 67 heavy (non-hydrogen) atoms. The predicted octanol–water partition coefficient (Wildman–Crippen LogP) is 9.54. The van der Waals surface area contributed by atoms with Gasteiger partial charge in [0.25, 0.3) is 11.8 Å². The second kappa shape index (κ2) is 20.5. The van der Waals surface area contributed by atoms with Crippen molar-refractivity contribution in [2.75, 3.05) is 15.5 Å². The van der Waals surface area contributed by atoms with Crippen LogP contribution in [0.3, 0.4) is 0 Å². The molecule has 1 fully saturated rings. The number of anilines is 1. The van der Waals surface area contributed by atoms with Gasteiger partial charge in [0.15, 0.2) is 16.9 Å². The van der Waals surface area contributed by atoms with Crippen molar-refractivity contribution in [1.82, 2.24) is 15.2 Å². The van der Waals surface area contributed by atoms with E-state index in [2.05, 4.69) is 45.0 Å². The first-order valence-electron chi connectivity index (χ1n) is 21.3. The lowest BCUT2D eigenvalue weighted by atomic mass is 9.77. The van der Waals surface area contributed by atoms with E-state index in [4.69, 9.17) is 19.3 Å². The Hall–Kier alpha value is -6.56. The number of esters is 2. The molecule has 2 amide bonds. The number of amides is 2. The van der Waals surface area contributed by atoms with Crippen LogP contribution in [0.15, 0.2) is 186 Å². The molecule has 1 aromatic heterocycles. The highest BCUT2D eigenvalue weighted by Crippen LogP contribution is 2.43. The van der Waals surface area contributed by atoms with Crippen molar-refractivity contribution in [1.29, 1.82) is 0 Å². The number of oxime groups is 1. The molecule has 3 heterocycles. The van der Waals surface area contributed by atoms with Crippen molar-refractivity contribution >= 4 is 80.3 Å². The van der Waals surface area contributed by atoms with E-state index in [1.54, 1.807) is 26.2 Å². The smallest absolute Gasteiger partial charge is 0.376 e. The van der Waals surface area contributed by atoms with Gasteiger partial charge in [-0.3, -0.25) is 14.5 Å². The number of fused-ring (bicyclic) bond motifs is 1. The molecule has 12 nitrogen and oxygen atoms in total. The summed E-state index contributed by atoms with van der Waals surface area (Å²) in [5, 5.41) is 12.1. The van der Waals surface area contributed by atoms with Gasteiger partial charge in [-0.15, -0.1) is 23.1 Å². The molecule has 2 aliphatic rings. The Morgan fingerprint density at radius 2 is 1.33 bits per heavy atom. The number of ether oxygens (including phenoxy) is 2. The topological polar surface area (TPSA) is 149 Å². The number of carbonyl (C=O) groups is 4. The number of hydrogen-bond acceptors (Lipinski definition) is 12. The largest absolute Gasteiger partial charge is 0.454 e. The summed E-state index contributed by atoms with van der Waals surface area (Å²) in [6.45, 7) is 8.78. The Morgan fingerprint density at radius 3 is 1.82 bits per heavy atom. The highest BCUT2D eigenvalue weighted by Gasteiger charge is 2.55. The monoisotopic (exact) mass is 1040 g/mol. The fraction of sp³-hybridized carbons (Fsp3) is 0.192. The summed E-state index contributed by atoms with van der Waals surface area (Å²) in [6, 6.07) is 47.7. The number of benzene rings is 5. The maximum atomic E-state index is 14.5. The number of carbonyl (C=O) groups excluding carboxylic acids is 4. The first kappa shape index (κ1) is 47.0. The highest BCUT2D eigenvalue weighted by atomic mass is 127. The molecule has 0 saturated carbocycles. The molecule has 6 aromatic rings. The Balaban J connectivity index is 1.09. The van der Waals surface area contributed by atoms with E-state index in [1.807, 2.05) is 152 Å². The number of hydrogen-bond donors (Lipinski definition) is 2. The summed E-state index contributed by atoms with van der Waals surface area (Å²) < 4.78 is 12.1. The van der Waals surface area contributed by atoms with Crippen LogP contribution in [0.4, 0.5) is 5.13 Å². The lowest BCUT2D eigenvalue weighted by Crippen LogP contribution is -2.71. The second-order valence-corrected chi connectivity index (χ2v) is 19.2. The van der Waals surface area contributed by atoms with Gasteiger partial charge in [0, 0.05) is 15.6 Å². The number of β-lactam (4-membered cyclic amide) rings is 1. The normalized spacial score (nSPS) is 16.1. The van der Waals surface area contributed by atoms with Crippen LogP contribution in [-0.4, -0.2) is 66.5 Å². The van der Waals surface area contributed by atoms with Crippen LogP contribution in [0.25, 0.3) is 0 Å². The molecular formula is C52H46IN5O7S2. The minimum atomic E-state index is -1.06. The zero-order valence-corrected chi connectivity index (χ0v) is 40.5. The van der Waals surface area contributed by atoms with E-state index < -0.39 is 58.2 Å². The summed E-state index contributed by atoms with van der Waals surface area (Å²) in [7, 11) is 0. The molecule has 2 aliphatic heterocycles. The van der Waals surface area contributed by atoms with Gasteiger partial charge in [0.1, 0.15) is 33.9 Å². The Kier molecular flexibility index (Phi) is 14.4. The van der Waals surface area contributed by atoms with E-state index in [1.165, 1.54) is 28.0 Å². The van der Waals surface area contributed by atoms with Gasteiger partial charge in [-0.25, -0.2) is 14.6 Å². The van der Waals surface area contributed by atoms with Crippen molar-refractivity contribution in [3.05, 3.63) is 214 Å². The zero-order valence-electron chi connectivity index (χ0n) is 36.8. The maximum Gasteiger partial charge on any atom is 0.376 e. The highest BCUT2D eigenvalue weighted by molar-refractivity contribution is 14.1. The summed E-state index contributed by atoms with van der Waals surface area (Å²) in [6.07, 6.45) is -0.734. The van der Waals surface area contributed by atoms with E-state index >= 15 is 0 Å². The first-order valence-corrected chi connectivity index (χ1v) is 24.8. The predicted molar refractivity (Wildman–Crippen MR) is 269 cm³/mol. The quantitative estimate of drug-likeness (QED) is 0.0111. The number of aromatic nitrogens is 1. The summed E-state index contributed by atoms with van der Waals surface area (Å²) >= 11 is 4.83. The van der Waals surface area contributed by atoms with Gasteiger partial charge in [0.05, 0.1) is 0 Å². The average molecular weight is 1040 g/mol. The molecule has 340 valence electrons. The lowest BCUT2D eigenvalue weighted by molar-refractivity contribution is -0.154. The average Bonchev–Trinajstić information content (AvgIpc) is 3.82. The Labute approximate surface area is 410 Å². The molecule has 0 spiro atoms. The third-order valence-corrected chi connectivity index (χ3v) is 13.9. The number of thiazole rings is 1. The molecule has 1 saturated heterocycles. The minimum absolute atomic E-state index is 0.0919. The van der Waals surface area contributed by atoms with E-state index in [9.17, 15) is 19.2 Å². The van der Waals surface area contributed by atoms with Crippen LogP contribution in [0, 0.1) is 0 Å². The molecule has 1 unspecified atom stereocenters. The van der Waals surface area contributed by atoms with Crippen molar-refractivity contribution < 1.29 is 33.5 Å². The van der Waals surface area contributed by atoms with E-state index in [0.717, 1.165) is 33.4 Å². The van der Waals surface area contributed by atoms with E-state index in [0.29, 0.717) is 15.3 Å². The van der Waals surface area contributed by atoms with Crippen LogP contribution in [0.5, 0.6) is 0 Å². The minimum Gasteiger partial charge on any atom is -0.454 e. The zero-order chi connectivity index (χ0) is 47.1. The Bertz CT molecular complexity index is 2680. The fourth-order valence-electron chi connectivity index (χ4n) is 7.79. The molecule has 5 aromatic carbocycles. The molecular weight excluding hydrogens is 998 g/mol. The second-order valence-electron chi connectivity index (χ2n) is 16.5. The fourth-order valence-corrected chi connectivity index (χ4v) is 10.9. The molecule has 2 N–H and O–H groups in total. The molecule has 0 aliphatic carbocycles. The number of halogens is 1. The maximum absolute atomic E-state index is 14.5. The van der Waals surface area contributed by atoms with E-state index in [-0.39, 0.29) is 17.1 Å². The van der Waals surface area contributed by atoms with Crippen molar-refractivity contribution in [3.63, 3.8) is 0 Å². The summed E-state index contributed by atoms with van der Waals surface area (Å²) in [5.41, 5.74) is 3.21.